The number of rotatable bonds is 6. The molecule has 146 valence electrons. The van der Waals surface area contributed by atoms with Gasteiger partial charge in [0.1, 0.15) is 17.4 Å². The molecule has 2 aliphatic heterocycles. The Labute approximate surface area is 166 Å². The second-order valence-electron chi connectivity index (χ2n) is 7.25. The molecule has 1 saturated heterocycles. The van der Waals surface area contributed by atoms with Crippen LogP contribution in [0.1, 0.15) is 54.9 Å². The van der Waals surface area contributed by atoms with Crippen LogP contribution in [0.2, 0.25) is 5.02 Å². The van der Waals surface area contributed by atoms with Crippen molar-refractivity contribution in [1.29, 1.82) is 0 Å². The number of carbonyl (C=O) groups is 1. The summed E-state index contributed by atoms with van der Waals surface area (Å²) >= 11 is 6.09. The van der Waals surface area contributed by atoms with E-state index in [0.29, 0.717) is 28.8 Å². The number of nitrogens with zero attached hydrogens (tertiary/aromatic N) is 1. The molecule has 2 aliphatic rings. The van der Waals surface area contributed by atoms with Crippen LogP contribution in [0, 0.1) is 5.92 Å². The van der Waals surface area contributed by atoms with Crippen LogP contribution >= 0.6 is 24.0 Å². The van der Waals surface area contributed by atoms with Crippen molar-refractivity contribution in [2.75, 3.05) is 25.4 Å². The normalized spacial score (nSPS) is 20.3. The van der Waals surface area contributed by atoms with Gasteiger partial charge in [0.15, 0.2) is 0 Å². The highest BCUT2D eigenvalue weighted by Crippen LogP contribution is 2.42. The molecule has 3 N–H and O–H groups in total. The molecule has 1 aromatic carbocycles. The maximum absolute atomic E-state index is 11.5. The van der Waals surface area contributed by atoms with Crippen molar-refractivity contribution >= 4 is 35.7 Å². The van der Waals surface area contributed by atoms with Crippen LogP contribution in [-0.2, 0) is 6.42 Å². The van der Waals surface area contributed by atoms with Gasteiger partial charge in [-0.3, -0.25) is 0 Å². The lowest BCUT2D eigenvalue weighted by molar-refractivity contribution is 0.0689. The van der Waals surface area contributed by atoms with Gasteiger partial charge in [0.25, 0.3) is 0 Å². The van der Waals surface area contributed by atoms with E-state index >= 15 is 0 Å². The summed E-state index contributed by atoms with van der Waals surface area (Å²) < 4.78 is 6.00. The second-order valence-corrected chi connectivity index (χ2v) is 7.66. The fourth-order valence-corrected chi connectivity index (χ4v) is 4.19. The third-order valence-corrected chi connectivity index (χ3v) is 5.76. The number of nitrogens with two attached hydrogens (primary N) is 1. The van der Waals surface area contributed by atoms with Crippen LogP contribution < -0.4 is 10.5 Å². The number of fused-ring (bicyclic) bond motifs is 1. The van der Waals surface area contributed by atoms with Crippen LogP contribution in [0.15, 0.2) is 6.07 Å². The van der Waals surface area contributed by atoms with Gasteiger partial charge >= 0.3 is 5.97 Å². The third-order valence-electron chi connectivity index (χ3n) is 5.45. The number of halogens is 2. The Morgan fingerprint density at radius 2 is 2.12 bits per heavy atom. The minimum atomic E-state index is -1.02. The molecule has 2 heterocycles. The van der Waals surface area contributed by atoms with Crippen molar-refractivity contribution in [3.8, 4) is 5.75 Å². The number of hydrogen-bond acceptors (Lipinski definition) is 4. The summed E-state index contributed by atoms with van der Waals surface area (Å²) in [4.78, 5) is 14.0. The van der Waals surface area contributed by atoms with Gasteiger partial charge in [-0.25, -0.2) is 4.79 Å². The first kappa shape index (κ1) is 21.1. The van der Waals surface area contributed by atoms with E-state index in [2.05, 4.69) is 11.8 Å². The number of likely N-dealkylation sites (tertiary alicyclic amines) is 1. The molecule has 0 amide bonds. The monoisotopic (exact) mass is 402 g/mol. The van der Waals surface area contributed by atoms with Gasteiger partial charge in [0.2, 0.25) is 0 Å². The van der Waals surface area contributed by atoms with E-state index in [0.717, 1.165) is 25.1 Å². The molecule has 1 aromatic rings. The predicted molar refractivity (Wildman–Crippen MR) is 107 cm³/mol. The predicted octanol–water partition coefficient (Wildman–Crippen LogP) is 4.25. The van der Waals surface area contributed by atoms with Gasteiger partial charge in [-0.2, -0.15) is 0 Å². The molecule has 5 nitrogen and oxygen atoms in total. The molecule has 26 heavy (non-hydrogen) atoms. The van der Waals surface area contributed by atoms with E-state index in [1.165, 1.54) is 38.3 Å². The van der Waals surface area contributed by atoms with Crippen LogP contribution in [0.5, 0.6) is 5.75 Å². The number of ether oxygens (including phenoxy) is 1. The number of carboxylic acids is 1. The number of piperidine rings is 1. The van der Waals surface area contributed by atoms with Crippen LogP contribution in [0.3, 0.4) is 0 Å². The van der Waals surface area contributed by atoms with Crippen molar-refractivity contribution in [2.45, 2.75) is 51.6 Å². The van der Waals surface area contributed by atoms with Crippen LogP contribution in [-0.4, -0.2) is 41.7 Å². The summed E-state index contributed by atoms with van der Waals surface area (Å²) in [6.45, 7) is 5.73. The largest absolute Gasteiger partial charge is 0.489 e. The van der Waals surface area contributed by atoms with Crippen molar-refractivity contribution in [1.82, 2.24) is 4.90 Å². The van der Waals surface area contributed by atoms with Gasteiger partial charge in [-0.15, -0.1) is 12.4 Å². The molecule has 0 bridgehead atoms. The number of anilines is 1. The van der Waals surface area contributed by atoms with Gasteiger partial charge in [-0.1, -0.05) is 24.9 Å². The molecule has 1 unspecified atom stereocenters. The quantitative estimate of drug-likeness (QED) is 0.695. The minimum absolute atomic E-state index is 0. The van der Waals surface area contributed by atoms with E-state index in [1.807, 2.05) is 0 Å². The van der Waals surface area contributed by atoms with E-state index in [9.17, 15) is 9.90 Å². The highest BCUT2D eigenvalue weighted by molar-refractivity contribution is 6.33. The van der Waals surface area contributed by atoms with Crippen molar-refractivity contribution in [3.63, 3.8) is 0 Å². The number of nitrogen functional groups attached to an aromatic ring is 1. The zero-order valence-electron chi connectivity index (χ0n) is 15.2. The minimum Gasteiger partial charge on any atom is -0.489 e. The van der Waals surface area contributed by atoms with E-state index < -0.39 is 5.97 Å². The Morgan fingerprint density at radius 1 is 1.42 bits per heavy atom. The molecule has 1 atom stereocenters. The lowest BCUT2D eigenvalue weighted by Gasteiger charge is -2.32. The van der Waals surface area contributed by atoms with E-state index in [4.69, 9.17) is 22.1 Å². The highest BCUT2D eigenvalue weighted by Gasteiger charge is 2.33. The molecule has 0 saturated carbocycles. The zero-order valence-corrected chi connectivity index (χ0v) is 16.7. The first-order valence-electron chi connectivity index (χ1n) is 9.22. The summed E-state index contributed by atoms with van der Waals surface area (Å²) in [5.74, 6) is 0.0185. The number of carboxylic acid groups (broad SMARTS) is 1. The lowest BCUT2D eigenvalue weighted by Crippen LogP contribution is -2.35. The van der Waals surface area contributed by atoms with Gasteiger partial charge < -0.3 is 20.5 Å². The molecule has 7 heteroatoms. The number of aromatic carboxylic acids is 1. The number of unbranched alkanes of at least 4 members (excludes halogenated alkanes) is 1. The van der Waals surface area contributed by atoms with Crippen LogP contribution in [0.25, 0.3) is 0 Å². The summed E-state index contributed by atoms with van der Waals surface area (Å²) in [7, 11) is 0. The average Bonchev–Trinajstić information content (AvgIpc) is 3.01. The van der Waals surface area contributed by atoms with Crippen LogP contribution in [0.4, 0.5) is 5.69 Å². The molecule has 0 radical (unpaired) electrons. The van der Waals surface area contributed by atoms with Gasteiger partial charge in [0, 0.05) is 12.0 Å². The molecule has 0 spiro atoms. The summed E-state index contributed by atoms with van der Waals surface area (Å²) in [5, 5.41) is 9.68. The van der Waals surface area contributed by atoms with Gasteiger partial charge in [0.05, 0.1) is 10.7 Å². The molecular formula is C19H28Cl2N2O3. The van der Waals surface area contributed by atoms with Gasteiger partial charge in [-0.05, 0) is 57.3 Å². The summed E-state index contributed by atoms with van der Waals surface area (Å²) in [5.41, 5.74) is 7.38. The average molecular weight is 403 g/mol. The fraction of sp³-hybridized carbons (Fsp3) is 0.632. The Balaban J connectivity index is 0.00000243. The summed E-state index contributed by atoms with van der Waals surface area (Å²) in [6, 6.07) is 1.40. The molecule has 1 fully saturated rings. The first-order valence-corrected chi connectivity index (χ1v) is 9.60. The Morgan fingerprint density at radius 3 is 2.73 bits per heavy atom. The number of hydrogen-bond donors (Lipinski definition) is 2. The maximum atomic E-state index is 11.5. The molecule has 0 aromatic heterocycles. The smallest absolute Gasteiger partial charge is 0.339 e. The Bertz CT molecular complexity index is 646. The Hall–Kier alpha value is -1.17. The zero-order chi connectivity index (χ0) is 18.0. The fourth-order valence-electron chi connectivity index (χ4n) is 3.96. The third kappa shape index (κ3) is 4.56. The topological polar surface area (TPSA) is 75.8 Å². The van der Waals surface area contributed by atoms with Crippen molar-refractivity contribution in [3.05, 3.63) is 22.2 Å². The van der Waals surface area contributed by atoms with E-state index in [-0.39, 0.29) is 24.1 Å². The molecular weight excluding hydrogens is 375 g/mol. The Kier molecular flexibility index (Phi) is 7.44. The highest BCUT2D eigenvalue weighted by atomic mass is 35.5. The number of benzene rings is 1. The second kappa shape index (κ2) is 9.16. The van der Waals surface area contributed by atoms with Crippen molar-refractivity contribution < 1.29 is 14.6 Å². The summed E-state index contributed by atoms with van der Waals surface area (Å²) in [6.07, 6.45) is 6.48. The lowest BCUT2D eigenvalue weighted by atomic mass is 9.89. The molecule has 3 rings (SSSR count). The van der Waals surface area contributed by atoms with E-state index in [1.54, 1.807) is 0 Å². The first-order chi connectivity index (χ1) is 12.0. The van der Waals surface area contributed by atoms with Crippen molar-refractivity contribution in [2.24, 2.45) is 5.92 Å². The molecule has 0 aliphatic carbocycles. The standard InChI is InChI=1S/C19H27ClN2O3.ClH/c1-2-3-6-22-7-4-12(5-8-22)9-13-10-14-17(21)16(20)11-15(19(23)24)18(14)25-13;/h11-13H,2-10,21H2,1H3,(H,23,24);1H. The SMILES string of the molecule is CCCCN1CCC(CC2Cc3c(N)c(Cl)cc(C(=O)O)c3O2)CC1.Cl. The maximum Gasteiger partial charge on any atom is 0.339 e.